The monoisotopic (exact) mass is 540 g/mol. The molecule has 0 aliphatic carbocycles. The first-order valence-corrected chi connectivity index (χ1v) is 15.9. The lowest BCUT2D eigenvalue weighted by Gasteiger charge is -2.36. The van der Waals surface area contributed by atoms with Gasteiger partial charge in [0.05, 0.1) is 11.0 Å². The summed E-state index contributed by atoms with van der Waals surface area (Å²) in [6, 6.07) is 47.4. The van der Waals surface area contributed by atoms with E-state index in [0.717, 1.165) is 44.3 Å². The highest BCUT2D eigenvalue weighted by atomic mass is 31.2. The van der Waals surface area contributed by atoms with Crippen LogP contribution < -0.4 is 20.9 Å². The zero-order valence-electron chi connectivity index (χ0n) is 22.0. The van der Waals surface area contributed by atoms with Crippen LogP contribution in [0, 0.1) is 0 Å². The van der Waals surface area contributed by atoms with Crippen LogP contribution in [0.4, 0.5) is 11.4 Å². The Morgan fingerprint density at radius 1 is 0.537 bits per heavy atom. The maximum absolute atomic E-state index is 15.5. The highest BCUT2D eigenvalue weighted by Gasteiger charge is 2.60. The van der Waals surface area contributed by atoms with Crippen molar-refractivity contribution in [2.24, 2.45) is 0 Å². The van der Waals surface area contributed by atoms with Gasteiger partial charge in [0.1, 0.15) is 7.02 Å². The van der Waals surface area contributed by atoms with E-state index in [1.54, 1.807) is 0 Å². The van der Waals surface area contributed by atoms with Crippen molar-refractivity contribution in [3.8, 4) is 27.9 Å². The van der Waals surface area contributed by atoms with Crippen LogP contribution in [-0.4, -0.2) is 11.1 Å². The van der Waals surface area contributed by atoms with Gasteiger partial charge in [-0.3, -0.25) is 0 Å². The minimum Gasteiger partial charge on any atom is -0.373 e. The van der Waals surface area contributed by atoms with E-state index in [9.17, 15) is 0 Å². The van der Waals surface area contributed by atoms with Crippen LogP contribution >= 0.6 is 7.02 Å². The number of aromatic nitrogens is 1. The van der Waals surface area contributed by atoms with E-state index < -0.39 is 7.02 Å². The van der Waals surface area contributed by atoms with Gasteiger partial charge in [0.25, 0.3) is 0 Å². The molecule has 0 fully saturated rings. The number of rotatable bonds is 1. The molecule has 190 valence electrons. The molecule has 5 heteroatoms. The summed E-state index contributed by atoms with van der Waals surface area (Å²) >= 11 is 0. The van der Waals surface area contributed by atoms with Crippen molar-refractivity contribution in [1.82, 2.24) is 4.57 Å². The van der Waals surface area contributed by atoms with Crippen molar-refractivity contribution in [3.05, 3.63) is 133 Å². The Balaban J connectivity index is 1.28. The molecule has 7 aromatic rings. The molecule has 0 saturated carbocycles. The van der Waals surface area contributed by atoms with Crippen LogP contribution in [0.15, 0.2) is 133 Å². The molecule has 0 spiro atoms. The minimum absolute atomic E-state index is 0.245. The van der Waals surface area contributed by atoms with Gasteiger partial charge in [0.2, 0.25) is 0 Å². The van der Waals surface area contributed by atoms with Crippen molar-refractivity contribution in [2.45, 2.75) is 0 Å². The van der Waals surface area contributed by atoms with Crippen LogP contribution in [0.5, 0.6) is 0 Å². The summed E-state index contributed by atoms with van der Waals surface area (Å²) in [5.41, 5.74) is 11.4. The Labute approximate surface area is 237 Å². The van der Waals surface area contributed by atoms with Crippen LogP contribution in [0.2, 0.25) is 0 Å². The third-order valence-electron chi connectivity index (χ3n) is 9.35. The second-order valence-corrected chi connectivity index (χ2v) is 14.0. The quantitative estimate of drug-likeness (QED) is 0.158. The number of benzene rings is 6. The molecule has 4 heterocycles. The van der Waals surface area contributed by atoms with Gasteiger partial charge in [0, 0.05) is 44.0 Å². The fraction of sp³-hybridized carbons (Fsp3) is 0. The van der Waals surface area contributed by atoms with E-state index in [1.807, 2.05) is 6.07 Å². The lowest BCUT2D eigenvalue weighted by atomic mass is 9.69. The fourth-order valence-corrected chi connectivity index (χ4v) is 11.7. The molecule has 0 saturated heterocycles. The smallest absolute Gasteiger partial charge is 0.373 e. The first kappa shape index (κ1) is 22.0. The Hall–Kier alpha value is -4.79. The molecule has 6 aromatic carbocycles. The molecular formula is C36H22BN2OP. The molecule has 0 amide bonds. The molecule has 1 aromatic heterocycles. The molecule has 3 nitrogen and oxygen atoms in total. The normalized spacial score (nSPS) is 17.4. The number of para-hydroxylation sites is 2. The largest absolute Gasteiger partial charge is 0.377 e. The minimum atomic E-state index is -2.96. The van der Waals surface area contributed by atoms with Crippen LogP contribution in [0.1, 0.15) is 0 Å². The Morgan fingerprint density at radius 3 is 2.00 bits per heavy atom. The van der Waals surface area contributed by atoms with Gasteiger partial charge in [0.15, 0.2) is 0 Å². The Kier molecular flexibility index (Phi) is 4.01. The number of nitrogens with zero attached hydrogens (tertiary/aromatic N) is 2. The first-order valence-electron chi connectivity index (χ1n) is 14.1. The number of anilines is 2. The highest BCUT2D eigenvalue weighted by molar-refractivity contribution is 8.09. The second-order valence-electron chi connectivity index (χ2n) is 11.3. The Bertz CT molecular complexity index is 2280. The molecular weight excluding hydrogens is 518 g/mol. The maximum Gasteiger partial charge on any atom is 0.377 e. The summed E-state index contributed by atoms with van der Waals surface area (Å²) in [4.78, 5) is 2.38. The van der Waals surface area contributed by atoms with Crippen molar-refractivity contribution in [1.29, 1.82) is 0 Å². The van der Waals surface area contributed by atoms with E-state index in [0.29, 0.717) is 0 Å². The highest BCUT2D eigenvalue weighted by Crippen LogP contribution is 2.65. The summed E-state index contributed by atoms with van der Waals surface area (Å²) in [5.74, 6) is 0. The molecule has 0 bridgehead atoms. The first-order chi connectivity index (χ1) is 20.2. The Morgan fingerprint density at radius 2 is 1.20 bits per heavy atom. The van der Waals surface area contributed by atoms with Crippen molar-refractivity contribution in [3.63, 3.8) is 0 Å². The van der Waals surface area contributed by atoms with E-state index in [1.165, 1.54) is 32.9 Å². The molecule has 41 heavy (non-hydrogen) atoms. The van der Waals surface area contributed by atoms with Crippen LogP contribution in [0.25, 0.3) is 49.7 Å². The average molecular weight is 540 g/mol. The molecule has 0 N–H and O–H groups in total. The second kappa shape index (κ2) is 7.48. The van der Waals surface area contributed by atoms with Gasteiger partial charge in [-0.1, -0.05) is 97.1 Å². The predicted molar refractivity (Wildman–Crippen MR) is 172 cm³/mol. The van der Waals surface area contributed by atoms with Crippen molar-refractivity contribution < 1.29 is 4.57 Å². The molecule has 3 aliphatic heterocycles. The van der Waals surface area contributed by atoms with Crippen LogP contribution in [-0.2, 0) is 4.57 Å². The zero-order chi connectivity index (χ0) is 26.9. The van der Waals surface area contributed by atoms with Gasteiger partial charge in [-0.25, -0.2) is 0 Å². The lowest BCUT2D eigenvalue weighted by molar-refractivity contribution is 0.595. The average Bonchev–Trinajstić information content (AvgIpc) is 3.61. The molecule has 1 unspecified atom stereocenters. The summed E-state index contributed by atoms with van der Waals surface area (Å²) in [6.45, 7) is -0.245. The lowest BCUT2D eigenvalue weighted by Crippen LogP contribution is -2.48. The van der Waals surface area contributed by atoms with E-state index in [4.69, 9.17) is 0 Å². The van der Waals surface area contributed by atoms with Gasteiger partial charge >= 0.3 is 6.57 Å². The topological polar surface area (TPSA) is 25.2 Å². The molecule has 10 rings (SSSR count). The standard InChI is InChI=1S/C36H22BN2OP/c40-41-35-19-8-4-13-27(35)28-14-9-18-34(36(28)41)39-33-21-20-23(22-29(33)24-10-1-5-15-30(24)37(39)41)38-31-16-6-2-11-25(31)26-12-3-7-17-32(26)38/h1-22H. The molecule has 3 aliphatic rings. The number of hydrogen-bond donors (Lipinski definition) is 0. The number of hydrogen-bond acceptors (Lipinski definition) is 2. The fourth-order valence-electron chi connectivity index (χ4n) is 7.81. The van der Waals surface area contributed by atoms with Gasteiger partial charge < -0.3 is 13.9 Å². The molecule has 0 radical (unpaired) electrons. The third kappa shape index (κ3) is 2.52. The number of fused-ring (bicyclic) bond motifs is 14. The molecule has 1 atom stereocenters. The third-order valence-corrected chi connectivity index (χ3v) is 12.8. The maximum atomic E-state index is 15.5. The van der Waals surface area contributed by atoms with E-state index in [2.05, 4.69) is 137 Å². The van der Waals surface area contributed by atoms with E-state index in [-0.39, 0.29) is 6.57 Å². The zero-order valence-corrected chi connectivity index (χ0v) is 22.9. The summed E-state index contributed by atoms with van der Waals surface area (Å²) < 4.78 is 17.9. The van der Waals surface area contributed by atoms with Crippen LogP contribution in [0.3, 0.4) is 0 Å². The van der Waals surface area contributed by atoms with Gasteiger partial charge in [-0.05, 0) is 58.6 Å². The van der Waals surface area contributed by atoms with Gasteiger partial charge in [-0.2, -0.15) is 0 Å². The summed E-state index contributed by atoms with van der Waals surface area (Å²) in [6.07, 6.45) is 0. The SMILES string of the molecule is O=P12B3c4ccccc4-c4cc(-n5c6ccccc6c6ccccc65)ccc4N3c3cccc(c31)-c1ccccc12. The summed E-state index contributed by atoms with van der Waals surface area (Å²) in [7, 11) is -2.96. The van der Waals surface area contributed by atoms with Crippen molar-refractivity contribution in [2.75, 3.05) is 4.81 Å². The van der Waals surface area contributed by atoms with Crippen molar-refractivity contribution >= 4 is 62.8 Å². The van der Waals surface area contributed by atoms with Gasteiger partial charge in [-0.15, -0.1) is 0 Å². The van der Waals surface area contributed by atoms with E-state index >= 15 is 4.57 Å². The predicted octanol–water partition coefficient (Wildman–Crippen LogP) is 7.61. The summed E-state index contributed by atoms with van der Waals surface area (Å²) in [5, 5.41) is 4.53.